The third kappa shape index (κ3) is 5.19. The zero-order valence-corrected chi connectivity index (χ0v) is 12.3. The Kier molecular flexibility index (Phi) is 7.04. The van der Waals surface area contributed by atoms with Gasteiger partial charge in [-0.2, -0.15) is 0 Å². The molecule has 0 aliphatic heterocycles. The van der Waals surface area contributed by atoms with Gasteiger partial charge in [-0.25, -0.2) is 0 Å². The van der Waals surface area contributed by atoms with Crippen molar-refractivity contribution in [1.29, 1.82) is 0 Å². The number of rotatable bonds is 8. The number of hydrogen-bond acceptors (Lipinski definition) is 4. The maximum atomic E-state index is 11.7. The fourth-order valence-corrected chi connectivity index (χ4v) is 1.86. The van der Waals surface area contributed by atoms with E-state index in [0.29, 0.717) is 24.3 Å². The smallest absolute Gasteiger partial charge is 0.258 e. The molecule has 0 radical (unpaired) electrons. The summed E-state index contributed by atoms with van der Waals surface area (Å²) in [6, 6.07) is 7.14. The molecule has 20 heavy (non-hydrogen) atoms. The van der Waals surface area contributed by atoms with Crippen molar-refractivity contribution in [3.8, 4) is 5.75 Å². The Labute approximate surface area is 119 Å². The Morgan fingerprint density at radius 2 is 2.10 bits per heavy atom. The second-order valence-electron chi connectivity index (χ2n) is 4.67. The van der Waals surface area contributed by atoms with Crippen molar-refractivity contribution in [2.45, 2.75) is 32.4 Å². The lowest BCUT2D eigenvalue weighted by Crippen LogP contribution is -2.38. The molecule has 0 bridgehead atoms. The number of amides is 1. The average Bonchev–Trinajstić information content (AvgIpc) is 2.44. The van der Waals surface area contributed by atoms with E-state index in [2.05, 4.69) is 5.32 Å². The van der Waals surface area contributed by atoms with Crippen LogP contribution in [0.2, 0.25) is 0 Å². The molecule has 1 amide bonds. The Morgan fingerprint density at radius 1 is 1.40 bits per heavy atom. The number of methoxy groups -OCH3 is 1. The molecule has 0 heterocycles. The number of carbonyl (C=O) groups excluding carboxylic acids is 1. The van der Waals surface area contributed by atoms with E-state index in [4.69, 9.17) is 9.47 Å². The fraction of sp³-hybridized carbons (Fsp3) is 0.533. The summed E-state index contributed by atoms with van der Waals surface area (Å²) in [6.07, 6.45) is 0.0129. The summed E-state index contributed by atoms with van der Waals surface area (Å²) in [5.41, 5.74) is 0.702. The molecule has 0 aromatic heterocycles. The van der Waals surface area contributed by atoms with Gasteiger partial charge in [0.15, 0.2) is 6.61 Å². The molecule has 2 N–H and O–H groups in total. The number of carbonyl (C=O) groups is 1. The van der Waals surface area contributed by atoms with Crippen LogP contribution in [0.25, 0.3) is 0 Å². The second-order valence-corrected chi connectivity index (χ2v) is 4.67. The molecule has 1 rings (SSSR count). The van der Waals surface area contributed by atoms with Crippen molar-refractivity contribution in [3.63, 3.8) is 0 Å². The number of benzene rings is 1. The fourth-order valence-electron chi connectivity index (χ4n) is 1.86. The minimum absolute atomic E-state index is 0.0624. The van der Waals surface area contributed by atoms with Gasteiger partial charge in [0.1, 0.15) is 5.75 Å². The van der Waals surface area contributed by atoms with Crippen LogP contribution in [0.1, 0.15) is 31.9 Å². The van der Waals surface area contributed by atoms with Gasteiger partial charge >= 0.3 is 0 Å². The molecular weight excluding hydrogens is 258 g/mol. The number of nitrogens with one attached hydrogen (secondary N) is 1. The summed E-state index contributed by atoms with van der Waals surface area (Å²) < 4.78 is 10.4. The summed E-state index contributed by atoms with van der Waals surface area (Å²) in [4.78, 5) is 11.7. The van der Waals surface area contributed by atoms with Crippen molar-refractivity contribution in [3.05, 3.63) is 29.8 Å². The van der Waals surface area contributed by atoms with Crippen LogP contribution in [0.5, 0.6) is 5.75 Å². The number of ether oxygens (including phenoxy) is 2. The highest BCUT2D eigenvalue weighted by Gasteiger charge is 2.13. The van der Waals surface area contributed by atoms with Crippen LogP contribution < -0.4 is 10.1 Å². The normalized spacial score (nSPS) is 13.6. The standard InChI is InChI=1S/C15H23NO4/c1-4-13(17)12-7-5-6-8-14(12)20-10-15(18)16-11(2)9-19-3/h5-8,11,13,17H,4,9-10H2,1-3H3,(H,16,18)/t11?,13-/m1/s1. The molecule has 0 spiro atoms. The van der Waals surface area contributed by atoms with Gasteiger partial charge in [0.2, 0.25) is 0 Å². The summed E-state index contributed by atoms with van der Waals surface area (Å²) in [5.74, 6) is 0.326. The van der Waals surface area contributed by atoms with E-state index >= 15 is 0 Å². The monoisotopic (exact) mass is 281 g/mol. The minimum atomic E-state index is -0.582. The minimum Gasteiger partial charge on any atom is -0.483 e. The Hall–Kier alpha value is -1.59. The quantitative estimate of drug-likeness (QED) is 0.760. The van der Waals surface area contributed by atoms with Crippen LogP contribution in [0, 0.1) is 0 Å². The summed E-state index contributed by atoms with van der Waals surface area (Å²) in [6.45, 7) is 4.12. The Bertz CT molecular complexity index is 422. The largest absolute Gasteiger partial charge is 0.483 e. The van der Waals surface area contributed by atoms with E-state index in [1.165, 1.54) is 0 Å². The molecule has 5 heteroatoms. The van der Waals surface area contributed by atoms with Crippen LogP contribution >= 0.6 is 0 Å². The van der Waals surface area contributed by atoms with Gasteiger partial charge in [-0.1, -0.05) is 25.1 Å². The van der Waals surface area contributed by atoms with E-state index in [0.717, 1.165) is 0 Å². The zero-order valence-electron chi connectivity index (χ0n) is 12.3. The zero-order chi connectivity index (χ0) is 15.0. The van der Waals surface area contributed by atoms with E-state index in [1.54, 1.807) is 19.2 Å². The van der Waals surface area contributed by atoms with Gasteiger partial charge in [0, 0.05) is 18.7 Å². The predicted molar refractivity (Wildman–Crippen MR) is 76.7 cm³/mol. The predicted octanol–water partition coefficient (Wildman–Crippen LogP) is 1.66. The summed E-state index contributed by atoms with van der Waals surface area (Å²) in [5, 5.41) is 12.7. The summed E-state index contributed by atoms with van der Waals surface area (Å²) >= 11 is 0. The van der Waals surface area contributed by atoms with Crippen LogP contribution in [0.15, 0.2) is 24.3 Å². The molecule has 0 saturated heterocycles. The maximum Gasteiger partial charge on any atom is 0.258 e. The Morgan fingerprint density at radius 3 is 2.75 bits per heavy atom. The number of aliphatic hydroxyl groups excluding tert-OH is 1. The molecule has 1 aromatic rings. The molecule has 0 fully saturated rings. The van der Waals surface area contributed by atoms with Gasteiger partial charge in [0.25, 0.3) is 5.91 Å². The molecule has 0 saturated carbocycles. The maximum absolute atomic E-state index is 11.7. The topological polar surface area (TPSA) is 67.8 Å². The number of aliphatic hydroxyl groups is 1. The number of para-hydroxylation sites is 1. The first-order chi connectivity index (χ1) is 9.58. The molecule has 5 nitrogen and oxygen atoms in total. The van der Waals surface area contributed by atoms with Crippen molar-refractivity contribution in [2.75, 3.05) is 20.3 Å². The van der Waals surface area contributed by atoms with Crippen molar-refractivity contribution >= 4 is 5.91 Å². The van der Waals surface area contributed by atoms with E-state index in [9.17, 15) is 9.90 Å². The molecular formula is C15H23NO4. The highest BCUT2D eigenvalue weighted by atomic mass is 16.5. The van der Waals surface area contributed by atoms with Crippen molar-refractivity contribution < 1.29 is 19.4 Å². The lowest BCUT2D eigenvalue weighted by Gasteiger charge is -2.16. The second kappa shape index (κ2) is 8.55. The van der Waals surface area contributed by atoms with Gasteiger partial charge < -0.3 is 19.9 Å². The molecule has 1 aromatic carbocycles. The molecule has 112 valence electrons. The van der Waals surface area contributed by atoms with Crippen molar-refractivity contribution in [2.24, 2.45) is 0 Å². The Balaban J connectivity index is 2.55. The first-order valence-corrected chi connectivity index (χ1v) is 6.76. The molecule has 0 aliphatic rings. The van der Waals surface area contributed by atoms with Crippen LogP contribution in [-0.4, -0.2) is 37.4 Å². The third-order valence-corrected chi connectivity index (χ3v) is 2.85. The highest BCUT2D eigenvalue weighted by Crippen LogP contribution is 2.26. The van der Waals surface area contributed by atoms with Crippen LogP contribution in [-0.2, 0) is 9.53 Å². The molecule has 2 atom stereocenters. The van der Waals surface area contributed by atoms with Gasteiger partial charge in [-0.3, -0.25) is 4.79 Å². The molecule has 0 aliphatic carbocycles. The van der Waals surface area contributed by atoms with E-state index in [1.807, 2.05) is 26.0 Å². The van der Waals surface area contributed by atoms with Gasteiger partial charge in [0.05, 0.1) is 12.7 Å². The van der Waals surface area contributed by atoms with Gasteiger partial charge in [-0.05, 0) is 19.4 Å². The summed E-state index contributed by atoms with van der Waals surface area (Å²) in [7, 11) is 1.58. The number of hydrogen-bond donors (Lipinski definition) is 2. The van der Waals surface area contributed by atoms with Crippen LogP contribution in [0.4, 0.5) is 0 Å². The third-order valence-electron chi connectivity index (χ3n) is 2.85. The van der Waals surface area contributed by atoms with E-state index in [-0.39, 0.29) is 18.6 Å². The van der Waals surface area contributed by atoms with E-state index < -0.39 is 6.10 Å². The highest BCUT2D eigenvalue weighted by molar-refractivity contribution is 5.77. The van der Waals surface area contributed by atoms with Gasteiger partial charge in [-0.15, -0.1) is 0 Å². The molecule has 1 unspecified atom stereocenters. The SMILES string of the molecule is CC[C@@H](O)c1ccccc1OCC(=O)NC(C)COC. The first-order valence-electron chi connectivity index (χ1n) is 6.76. The lowest BCUT2D eigenvalue weighted by atomic mass is 10.1. The lowest BCUT2D eigenvalue weighted by molar-refractivity contribution is -0.124. The van der Waals surface area contributed by atoms with Crippen molar-refractivity contribution in [1.82, 2.24) is 5.32 Å². The first kappa shape index (κ1) is 16.5. The van der Waals surface area contributed by atoms with Crippen LogP contribution in [0.3, 0.4) is 0 Å². The average molecular weight is 281 g/mol.